The van der Waals surface area contributed by atoms with Gasteiger partial charge in [-0.1, -0.05) is 140 Å². The Bertz CT molecular complexity index is 3150. The van der Waals surface area contributed by atoms with E-state index in [4.69, 9.17) is 9.97 Å². The fourth-order valence-electron chi connectivity index (χ4n) is 8.03. The molecule has 0 radical (unpaired) electrons. The van der Waals surface area contributed by atoms with Crippen LogP contribution in [-0.4, -0.2) is 14.5 Å². The number of rotatable bonds is 3. The highest BCUT2D eigenvalue weighted by Crippen LogP contribution is 2.45. The molecular formula is C46H27N3S. The number of nitrogens with zero attached hydrogens (tertiary/aromatic N) is 3. The van der Waals surface area contributed by atoms with Crippen LogP contribution in [0.5, 0.6) is 0 Å². The van der Waals surface area contributed by atoms with Gasteiger partial charge in [-0.3, -0.25) is 4.57 Å². The van der Waals surface area contributed by atoms with Crippen LogP contribution in [0.4, 0.5) is 0 Å². The summed E-state index contributed by atoms with van der Waals surface area (Å²) in [4.78, 5) is 11.0. The second-order valence-electron chi connectivity index (χ2n) is 12.9. The van der Waals surface area contributed by atoms with Gasteiger partial charge < -0.3 is 0 Å². The normalized spacial score (nSPS) is 12.0. The highest BCUT2D eigenvalue weighted by Gasteiger charge is 2.23. The SMILES string of the molecule is c1ccc(-c2nc(-n3c4ccc5ccccc5c4c4cccc(-c5cccc6sc7ccccc7c56)c43)nc3c2ccc2ccccc23)cc1. The fourth-order valence-corrected chi connectivity index (χ4v) is 9.16. The first-order valence-electron chi connectivity index (χ1n) is 16.9. The molecule has 50 heavy (non-hydrogen) atoms. The molecule has 3 nitrogen and oxygen atoms in total. The lowest BCUT2D eigenvalue weighted by Crippen LogP contribution is -2.04. The van der Waals surface area contributed by atoms with Gasteiger partial charge in [-0.25, -0.2) is 9.97 Å². The molecule has 0 aliphatic carbocycles. The van der Waals surface area contributed by atoms with Gasteiger partial charge in [-0.15, -0.1) is 11.3 Å². The lowest BCUT2D eigenvalue weighted by Gasteiger charge is -2.15. The molecule has 0 saturated heterocycles. The van der Waals surface area contributed by atoms with Crippen molar-refractivity contribution in [2.45, 2.75) is 0 Å². The Morgan fingerprint density at radius 2 is 1.08 bits per heavy atom. The van der Waals surface area contributed by atoms with Crippen molar-refractivity contribution in [1.82, 2.24) is 14.5 Å². The fraction of sp³-hybridized carbons (Fsp3) is 0. The predicted octanol–water partition coefficient (Wildman–Crippen LogP) is 12.7. The zero-order valence-electron chi connectivity index (χ0n) is 26.8. The Kier molecular flexibility index (Phi) is 5.83. The number of thiophene rings is 1. The van der Waals surface area contributed by atoms with E-state index in [1.54, 1.807) is 0 Å². The zero-order chi connectivity index (χ0) is 32.8. The molecule has 4 heteroatoms. The van der Waals surface area contributed by atoms with E-state index in [-0.39, 0.29) is 0 Å². The smallest absolute Gasteiger partial charge is 0.235 e. The molecule has 11 aromatic rings. The molecule has 0 atom stereocenters. The summed E-state index contributed by atoms with van der Waals surface area (Å²) in [6, 6.07) is 58.8. The average Bonchev–Trinajstić information content (AvgIpc) is 3.74. The Morgan fingerprint density at radius 3 is 1.96 bits per heavy atom. The van der Waals surface area contributed by atoms with Crippen molar-refractivity contribution in [3.05, 3.63) is 164 Å². The quantitative estimate of drug-likeness (QED) is 0.178. The van der Waals surface area contributed by atoms with Crippen LogP contribution < -0.4 is 0 Å². The van der Waals surface area contributed by atoms with Crippen molar-refractivity contribution >= 4 is 85.8 Å². The van der Waals surface area contributed by atoms with Crippen molar-refractivity contribution in [2.75, 3.05) is 0 Å². The molecule has 0 saturated carbocycles. The van der Waals surface area contributed by atoms with E-state index < -0.39 is 0 Å². The first-order chi connectivity index (χ1) is 24.8. The summed E-state index contributed by atoms with van der Waals surface area (Å²) in [5, 5.41) is 10.7. The maximum absolute atomic E-state index is 5.50. The van der Waals surface area contributed by atoms with Gasteiger partial charge in [0.05, 0.1) is 22.2 Å². The van der Waals surface area contributed by atoms with E-state index in [1.807, 2.05) is 11.3 Å². The van der Waals surface area contributed by atoms with Crippen molar-refractivity contribution < 1.29 is 0 Å². The van der Waals surface area contributed by atoms with Gasteiger partial charge in [-0.05, 0) is 46.0 Å². The van der Waals surface area contributed by atoms with Gasteiger partial charge in [0.15, 0.2) is 0 Å². The highest BCUT2D eigenvalue weighted by atomic mass is 32.1. The number of para-hydroxylation sites is 1. The van der Waals surface area contributed by atoms with E-state index >= 15 is 0 Å². The van der Waals surface area contributed by atoms with E-state index in [0.29, 0.717) is 5.95 Å². The summed E-state index contributed by atoms with van der Waals surface area (Å²) in [6.45, 7) is 0. The van der Waals surface area contributed by atoms with Gasteiger partial charge in [0.1, 0.15) is 0 Å². The molecule has 11 rings (SSSR count). The molecule has 0 aliphatic heterocycles. The summed E-state index contributed by atoms with van der Waals surface area (Å²) < 4.78 is 4.91. The van der Waals surface area contributed by atoms with Crippen LogP contribution in [0.25, 0.3) is 103 Å². The third-order valence-corrected chi connectivity index (χ3v) is 11.3. The van der Waals surface area contributed by atoms with Crippen LogP contribution in [0.2, 0.25) is 0 Å². The molecule has 232 valence electrons. The molecule has 8 aromatic carbocycles. The molecule has 0 bridgehead atoms. The van der Waals surface area contributed by atoms with Gasteiger partial charge >= 0.3 is 0 Å². The molecular weight excluding hydrogens is 627 g/mol. The van der Waals surface area contributed by atoms with Crippen molar-refractivity contribution in [3.8, 4) is 28.3 Å². The standard InChI is InChI=1S/C46H27N3S/c1-2-14-30(15-3-1)43-37-26-24-29-13-5-7-17-32(29)44(37)48-46(47-43)49-38-27-25-28-12-4-6-16-31(28)41(38)36-21-10-20-34(45(36)49)33-19-11-23-40-42(33)35-18-8-9-22-39(35)50-40/h1-27H. The monoisotopic (exact) mass is 653 g/mol. The summed E-state index contributed by atoms with van der Waals surface area (Å²) in [5.74, 6) is 0.665. The van der Waals surface area contributed by atoms with Crippen molar-refractivity contribution in [1.29, 1.82) is 0 Å². The predicted molar refractivity (Wildman–Crippen MR) is 213 cm³/mol. The maximum Gasteiger partial charge on any atom is 0.235 e. The lowest BCUT2D eigenvalue weighted by atomic mass is 9.96. The molecule has 3 heterocycles. The number of benzene rings is 8. The van der Waals surface area contributed by atoms with Crippen LogP contribution >= 0.6 is 11.3 Å². The van der Waals surface area contributed by atoms with Gasteiger partial charge in [-0.2, -0.15) is 0 Å². The number of hydrogen-bond acceptors (Lipinski definition) is 3. The first-order valence-corrected chi connectivity index (χ1v) is 17.7. The van der Waals surface area contributed by atoms with E-state index in [2.05, 4.69) is 168 Å². The number of aromatic nitrogens is 3. The topological polar surface area (TPSA) is 30.7 Å². The zero-order valence-corrected chi connectivity index (χ0v) is 27.7. The third kappa shape index (κ3) is 3.91. The van der Waals surface area contributed by atoms with Crippen LogP contribution in [0, 0.1) is 0 Å². The van der Waals surface area contributed by atoms with Crippen LogP contribution in [0.1, 0.15) is 0 Å². The highest BCUT2D eigenvalue weighted by molar-refractivity contribution is 7.25. The van der Waals surface area contributed by atoms with E-state index in [9.17, 15) is 0 Å². The molecule has 0 spiro atoms. The van der Waals surface area contributed by atoms with Gasteiger partial charge in [0, 0.05) is 52.8 Å². The summed E-state index contributed by atoms with van der Waals surface area (Å²) in [5.41, 5.74) is 7.53. The number of hydrogen-bond donors (Lipinski definition) is 0. The van der Waals surface area contributed by atoms with Gasteiger partial charge in [0.2, 0.25) is 5.95 Å². The lowest BCUT2D eigenvalue weighted by molar-refractivity contribution is 1.02. The Hall–Kier alpha value is -6.36. The third-order valence-electron chi connectivity index (χ3n) is 10.2. The van der Waals surface area contributed by atoms with Crippen LogP contribution in [0.15, 0.2) is 164 Å². The minimum atomic E-state index is 0.665. The Labute approximate surface area is 291 Å². The van der Waals surface area contributed by atoms with Crippen LogP contribution in [-0.2, 0) is 0 Å². The average molecular weight is 654 g/mol. The summed E-state index contributed by atoms with van der Waals surface area (Å²) in [6.07, 6.45) is 0. The first kappa shape index (κ1) is 27.6. The molecule has 0 amide bonds. The maximum atomic E-state index is 5.50. The summed E-state index contributed by atoms with van der Waals surface area (Å²) >= 11 is 1.85. The molecule has 0 aliphatic rings. The second-order valence-corrected chi connectivity index (χ2v) is 14.0. The second kappa shape index (κ2) is 10.6. The summed E-state index contributed by atoms with van der Waals surface area (Å²) in [7, 11) is 0. The van der Waals surface area contributed by atoms with Crippen molar-refractivity contribution in [3.63, 3.8) is 0 Å². The Morgan fingerprint density at radius 1 is 0.420 bits per heavy atom. The van der Waals surface area contributed by atoms with Crippen molar-refractivity contribution in [2.24, 2.45) is 0 Å². The van der Waals surface area contributed by atoms with Crippen LogP contribution in [0.3, 0.4) is 0 Å². The minimum Gasteiger partial charge on any atom is -0.277 e. The molecule has 0 fully saturated rings. The molecule has 0 N–H and O–H groups in total. The van der Waals surface area contributed by atoms with E-state index in [0.717, 1.165) is 44.0 Å². The minimum absolute atomic E-state index is 0.665. The van der Waals surface area contributed by atoms with E-state index in [1.165, 1.54) is 52.8 Å². The molecule has 3 aromatic heterocycles. The van der Waals surface area contributed by atoms with Gasteiger partial charge in [0.25, 0.3) is 0 Å². The number of fused-ring (bicyclic) bond motifs is 11. The Balaban J connectivity index is 1.35. The molecule has 0 unspecified atom stereocenters. The largest absolute Gasteiger partial charge is 0.277 e.